The topological polar surface area (TPSA) is 44.5 Å². The zero-order chi connectivity index (χ0) is 10.0. The lowest BCUT2D eigenvalue weighted by Crippen LogP contribution is -2.00. The predicted molar refractivity (Wildman–Crippen MR) is 53.4 cm³/mol. The first-order chi connectivity index (χ1) is 6.11. The molecule has 2 N–H and O–H groups in total. The van der Waals surface area contributed by atoms with E-state index in [4.69, 9.17) is 15.2 Å². The van der Waals surface area contributed by atoms with Crippen molar-refractivity contribution in [2.75, 3.05) is 20.0 Å². The molecule has 1 aromatic carbocycles. The van der Waals surface area contributed by atoms with E-state index in [-0.39, 0.29) is 0 Å². The van der Waals surface area contributed by atoms with E-state index < -0.39 is 0 Å². The molecule has 0 bridgehead atoms. The second-order valence-electron chi connectivity index (χ2n) is 2.97. The summed E-state index contributed by atoms with van der Waals surface area (Å²) in [4.78, 5) is 0. The number of methoxy groups -OCH3 is 2. The third-order valence-electron chi connectivity index (χ3n) is 2.15. The molecule has 0 heterocycles. The SMILES string of the molecule is COc1cc(C)c(OC)c(N)c1C. The van der Waals surface area contributed by atoms with Gasteiger partial charge in [0.05, 0.1) is 19.9 Å². The Morgan fingerprint density at radius 3 is 2.23 bits per heavy atom. The van der Waals surface area contributed by atoms with Gasteiger partial charge in [-0.1, -0.05) is 0 Å². The van der Waals surface area contributed by atoms with Crippen LogP contribution in [0.4, 0.5) is 5.69 Å². The molecule has 0 fully saturated rings. The normalized spacial score (nSPS) is 9.85. The van der Waals surface area contributed by atoms with Crippen LogP contribution >= 0.6 is 0 Å². The van der Waals surface area contributed by atoms with Gasteiger partial charge in [-0.3, -0.25) is 0 Å². The van der Waals surface area contributed by atoms with Crippen molar-refractivity contribution < 1.29 is 9.47 Å². The number of ether oxygens (including phenoxy) is 2. The van der Waals surface area contributed by atoms with Gasteiger partial charge in [0.1, 0.15) is 11.5 Å². The second-order valence-corrected chi connectivity index (χ2v) is 2.97. The Morgan fingerprint density at radius 2 is 1.77 bits per heavy atom. The van der Waals surface area contributed by atoms with Gasteiger partial charge in [-0.25, -0.2) is 0 Å². The fraction of sp³-hybridized carbons (Fsp3) is 0.400. The standard InChI is InChI=1S/C10H15NO2/c1-6-5-8(12-3)7(2)9(11)10(6)13-4/h5H,11H2,1-4H3. The molecule has 0 spiro atoms. The molecule has 0 aliphatic rings. The van der Waals surface area contributed by atoms with E-state index in [1.165, 1.54) is 0 Å². The fourth-order valence-electron chi connectivity index (χ4n) is 1.37. The first-order valence-corrected chi connectivity index (χ1v) is 4.09. The zero-order valence-corrected chi connectivity index (χ0v) is 8.47. The molecule has 0 unspecified atom stereocenters. The highest BCUT2D eigenvalue weighted by atomic mass is 16.5. The van der Waals surface area contributed by atoms with E-state index in [1.54, 1.807) is 14.2 Å². The molecule has 0 saturated carbocycles. The Morgan fingerprint density at radius 1 is 1.15 bits per heavy atom. The Balaban J connectivity index is 3.37. The molecule has 13 heavy (non-hydrogen) atoms. The Hall–Kier alpha value is -1.38. The molecule has 0 aliphatic carbocycles. The molecule has 0 radical (unpaired) electrons. The van der Waals surface area contributed by atoms with Gasteiger partial charge in [0.15, 0.2) is 0 Å². The maximum absolute atomic E-state index is 5.87. The summed E-state index contributed by atoms with van der Waals surface area (Å²) in [5, 5.41) is 0. The number of aryl methyl sites for hydroxylation is 1. The average molecular weight is 181 g/mol. The summed E-state index contributed by atoms with van der Waals surface area (Å²) in [7, 11) is 3.25. The van der Waals surface area contributed by atoms with Crippen molar-refractivity contribution in [3.05, 3.63) is 17.2 Å². The third kappa shape index (κ3) is 1.54. The summed E-state index contributed by atoms with van der Waals surface area (Å²) < 4.78 is 10.3. The van der Waals surface area contributed by atoms with E-state index in [0.29, 0.717) is 5.69 Å². The van der Waals surface area contributed by atoms with Gasteiger partial charge in [-0.15, -0.1) is 0 Å². The maximum atomic E-state index is 5.87. The van der Waals surface area contributed by atoms with Gasteiger partial charge >= 0.3 is 0 Å². The molecule has 0 atom stereocenters. The first-order valence-electron chi connectivity index (χ1n) is 4.09. The Labute approximate surface area is 78.5 Å². The van der Waals surface area contributed by atoms with Crippen LogP contribution in [-0.2, 0) is 0 Å². The fourth-order valence-corrected chi connectivity index (χ4v) is 1.37. The van der Waals surface area contributed by atoms with Crippen LogP contribution in [-0.4, -0.2) is 14.2 Å². The van der Waals surface area contributed by atoms with E-state index in [9.17, 15) is 0 Å². The van der Waals surface area contributed by atoms with Crippen molar-refractivity contribution in [1.29, 1.82) is 0 Å². The van der Waals surface area contributed by atoms with E-state index in [0.717, 1.165) is 22.6 Å². The van der Waals surface area contributed by atoms with Crippen LogP contribution in [0.5, 0.6) is 11.5 Å². The predicted octanol–water partition coefficient (Wildman–Crippen LogP) is 1.90. The maximum Gasteiger partial charge on any atom is 0.145 e. The lowest BCUT2D eigenvalue weighted by atomic mass is 10.1. The van der Waals surface area contributed by atoms with Crippen molar-refractivity contribution in [2.45, 2.75) is 13.8 Å². The molecule has 1 aromatic rings. The Kier molecular flexibility index (Phi) is 2.66. The minimum Gasteiger partial charge on any atom is -0.496 e. The van der Waals surface area contributed by atoms with E-state index in [1.807, 2.05) is 19.9 Å². The molecular formula is C10H15NO2. The van der Waals surface area contributed by atoms with Crippen molar-refractivity contribution in [1.82, 2.24) is 0 Å². The quantitative estimate of drug-likeness (QED) is 0.709. The highest BCUT2D eigenvalue weighted by Crippen LogP contribution is 2.35. The number of nitrogen functional groups attached to an aromatic ring is 1. The third-order valence-corrected chi connectivity index (χ3v) is 2.15. The average Bonchev–Trinajstić information content (AvgIpc) is 2.12. The van der Waals surface area contributed by atoms with Crippen LogP contribution in [0.1, 0.15) is 11.1 Å². The van der Waals surface area contributed by atoms with Crippen molar-refractivity contribution in [3.8, 4) is 11.5 Å². The molecule has 0 aromatic heterocycles. The summed E-state index contributed by atoms with van der Waals surface area (Å²) in [5.41, 5.74) is 8.43. The van der Waals surface area contributed by atoms with Gasteiger partial charge in [0.2, 0.25) is 0 Å². The van der Waals surface area contributed by atoms with Crippen LogP contribution in [0.3, 0.4) is 0 Å². The summed E-state index contributed by atoms with van der Waals surface area (Å²) in [6, 6.07) is 1.92. The lowest BCUT2D eigenvalue weighted by molar-refractivity contribution is 0.400. The van der Waals surface area contributed by atoms with Crippen molar-refractivity contribution >= 4 is 5.69 Å². The van der Waals surface area contributed by atoms with Crippen LogP contribution < -0.4 is 15.2 Å². The summed E-state index contributed by atoms with van der Waals surface area (Å²) in [6.45, 7) is 3.85. The van der Waals surface area contributed by atoms with Crippen molar-refractivity contribution in [3.63, 3.8) is 0 Å². The molecule has 0 amide bonds. The summed E-state index contributed by atoms with van der Waals surface area (Å²) >= 11 is 0. The number of benzene rings is 1. The molecule has 3 heteroatoms. The number of hydrogen-bond donors (Lipinski definition) is 1. The van der Waals surface area contributed by atoms with Crippen molar-refractivity contribution in [2.24, 2.45) is 0 Å². The molecule has 0 aliphatic heterocycles. The minimum absolute atomic E-state index is 0.652. The number of hydrogen-bond acceptors (Lipinski definition) is 3. The molecular weight excluding hydrogens is 166 g/mol. The van der Waals surface area contributed by atoms with Gasteiger partial charge < -0.3 is 15.2 Å². The molecule has 0 saturated heterocycles. The molecule has 72 valence electrons. The van der Waals surface area contributed by atoms with Gasteiger partial charge in [-0.2, -0.15) is 0 Å². The van der Waals surface area contributed by atoms with Gasteiger partial charge in [0.25, 0.3) is 0 Å². The van der Waals surface area contributed by atoms with Crippen LogP contribution in [0.2, 0.25) is 0 Å². The second kappa shape index (κ2) is 3.56. The minimum atomic E-state index is 0.652. The first kappa shape index (κ1) is 9.71. The molecule has 3 nitrogen and oxygen atoms in total. The Bertz CT molecular complexity index is 321. The van der Waals surface area contributed by atoms with Crippen LogP contribution in [0.25, 0.3) is 0 Å². The highest BCUT2D eigenvalue weighted by molar-refractivity contribution is 5.66. The summed E-state index contributed by atoms with van der Waals surface area (Å²) in [5.74, 6) is 1.54. The van der Waals surface area contributed by atoms with Crippen LogP contribution in [0.15, 0.2) is 6.07 Å². The monoisotopic (exact) mass is 181 g/mol. The van der Waals surface area contributed by atoms with Gasteiger partial charge in [0, 0.05) is 5.56 Å². The zero-order valence-electron chi connectivity index (χ0n) is 8.47. The van der Waals surface area contributed by atoms with E-state index in [2.05, 4.69) is 0 Å². The highest BCUT2D eigenvalue weighted by Gasteiger charge is 2.10. The number of nitrogens with two attached hydrogens (primary N) is 1. The van der Waals surface area contributed by atoms with Crippen LogP contribution in [0, 0.1) is 13.8 Å². The molecule has 1 rings (SSSR count). The number of anilines is 1. The smallest absolute Gasteiger partial charge is 0.145 e. The van der Waals surface area contributed by atoms with E-state index >= 15 is 0 Å². The van der Waals surface area contributed by atoms with Gasteiger partial charge in [-0.05, 0) is 25.5 Å². The lowest BCUT2D eigenvalue weighted by Gasteiger charge is -2.13. The number of rotatable bonds is 2. The summed E-state index contributed by atoms with van der Waals surface area (Å²) in [6.07, 6.45) is 0. The largest absolute Gasteiger partial charge is 0.496 e.